The maximum atomic E-state index is 13.6. The van der Waals surface area contributed by atoms with Crippen LogP contribution in [0.1, 0.15) is 127 Å². The number of esters is 2. The molecule has 0 spiro atoms. The molecule has 294 valence electrons. The second-order valence-corrected chi connectivity index (χ2v) is 19.1. The Labute approximate surface area is 312 Å². The van der Waals surface area contributed by atoms with Gasteiger partial charge in [0.15, 0.2) is 0 Å². The van der Waals surface area contributed by atoms with E-state index in [1.54, 1.807) is 0 Å². The lowest BCUT2D eigenvalue weighted by molar-refractivity contribution is -0.263. The van der Waals surface area contributed by atoms with E-state index in [2.05, 4.69) is 59.9 Å². The van der Waals surface area contributed by atoms with E-state index in [4.69, 9.17) is 19.9 Å². The van der Waals surface area contributed by atoms with Crippen molar-refractivity contribution in [2.24, 2.45) is 68.3 Å². The van der Waals surface area contributed by atoms with Crippen molar-refractivity contribution in [3.8, 4) is 0 Å². The van der Waals surface area contributed by atoms with Crippen LogP contribution in [-0.2, 0) is 33.4 Å². The number of hydrogen-bond donors (Lipinski definition) is 3. The molecule has 1 unspecified atom stereocenters. The van der Waals surface area contributed by atoms with Crippen LogP contribution in [-0.4, -0.2) is 66.9 Å². The normalized spacial score (nSPS) is 40.7. The highest BCUT2D eigenvalue weighted by atomic mass is 16.6. The monoisotopic (exact) mass is 728 g/mol. The molecule has 1 heterocycles. The molecule has 1 amide bonds. The fraction of sp³-hybridized carbons (Fsp3) is 0.857. The number of allylic oxidation sites excluding steroid dienone is 1. The number of hydrogen-bond acceptors (Lipinski definition) is 8. The first kappa shape index (κ1) is 40.7. The molecule has 10 heteroatoms. The summed E-state index contributed by atoms with van der Waals surface area (Å²) in [5, 5.41) is 13.9. The zero-order valence-corrected chi connectivity index (χ0v) is 33.6. The van der Waals surface area contributed by atoms with E-state index in [0.717, 1.165) is 25.7 Å². The van der Waals surface area contributed by atoms with E-state index in [1.165, 1.54) is 12.5 Å². The van der Waals surface area contributed by atoms with Crippen LogP contribution in [0.5, 0.6) is 0 Å². The smallest absolute Gasteiger partial charge is 0.323 e. The number of aliphatic carboxylic acids is 1. The predicted octanol–water partition coefficient (Wildman–Crippen LogP) is 6.69. The quantitative estimate of drug-likeness (QED) is 0.113. The molecule has 4 fully saturated rings. The Balaban J connectivity index is 1.43. The molecular formula is C42H68N2O8. The van der Waals surface area contributed by atoms with Crippen molar-refractivity contribution in [1.82, 2.24) is 5.32 Å². The highest BCUT2D eigenvalue weighted by Gasteiger charge is 2.72. The zero-order chi connectivity index (χ0) is 38.6. The minimum Gasteiger partial charge on any atom is -0.481 e. The fourth-order valence-electron chi connectivity index (χ4n) is 12.3. The van der Waals surface area contributed by atoms with Gasteiger partial charge in [0.25, 0.3) is 0 Å². The first-order valence-electron chi connectivity index (χ1n) is 20.1. The molecule has 5 rings (SSSR count). The number of nitrogens with one attached hydrogen (secondary N) is 1. The Hall–Kier alpha value is -2.46. The average Bonchev–Trinajstić information content (AvgIpc) is 3.05. The number of carboxylic acid groups (broad SMARTS) is 1. The van der Waals surface area contributed by atoms with E-state index in [-0.39, 0.29) is 40.4 Å². The van der Waals surface area contributed by atoms with Crippen LogP contribution in [0.4, 0.5) is 0 Å². The molecule has 0 aromatic rings. The number of rotatable bonds is 12. The van der Waals surface area contributed by atoms with Crippen LogP contribution in [0.25, 0.3) is 0 Å². The molecule has 0 aromatic heterocycles. The molecule has 4 N–H and O–H groups in total. The summed E-state index contributed by atoms with van der Waals surface area (Å²) in [6.07, 6.45) is 7.54. The number of carbonyl (C=O) groups is 4. The van der Waals surface area contributed by atoms with Crippen molar-refractivity contribution in [1.29, 1.82) is 0 Å². The Bertz CT molecular complexity index is 1430. The maximum Gasteiger partial charge on any atom is 0.323 e. The van der Waals surface area contributed by atoms with Crippen LogP contribution in [0, 0.1) is 62.6 Å². The van der Waals surface area contributed by atoms with Gasteiger partial charge in [0.2, 0.25) is 5.91 Å². The van der Waals surface area contributed by atoms with Crippen LogP contribution in [0.3, 0.4) is 0 Å². The summed E-state index contributed by atoms with van der Waals surface area (Å²) < 4.78 is 18.9. The van der Waals surface area contributed by atoms with Crippen LogP contribution in [0.15, 0.2) is 11.6 Å². The van der Waals surface area contributed by atoms with Crippen molar-refractivity contribution < 1.29 is 38.5 Å². The first-order chi connectivity index (χ1) is 24.2. The average molecular weight is 729 g/mol. The van der Waals surface area contributed by atoms with E-state index in [0.29, 0.717) is 57.8 Å². The Kier molecular flexibility index (Phi) is 11.5. The topological polar surface area (TPSA) is 154 Å². The zero-order valence-electron chi connectivity index (χ0n) is 33.6. The highest BCUT2D eigenvalue weighted by Crippen LogP contribution is 2.75. The van der Waals surface area contributed by atoms with Gasteiger partial charge in [0, 0.05) is 30.2 Å². The lowest BCUT2D eigenvalue weighted by atomic mass is 9.34. The van der Waals surface area contributed by atoms with Crippen LogP contribution < -0.4 is 11.1 Å². The summed E-state index contributed by atoms with van der Waals surface area (Å²) in [6, 6.07) is -0.842. The van der Waals surface area contributed by atoms with Gasteiger partial charge in [-0.25, -0.2) is 0 Å². The molecule has 3 saturated carbocycles. The third-order valence-electron chi connectivity index (χ3n) is 15.7. The first-order valence-corrected chi connectivity index (χ1v) is 20.1. The van der Waals surface area contributed by atoms with E-state index < -0.39 is 58.3 Å². The molecule has 0 aromatic carbocycles. The lowest BCUT2D eigenvalue weighted by Gasteiger charge is -2.71. The molecule has 1 saturated heterocycles. The summed E-state index contributed by atoms with van der Waals surface area (Å²) in [5.41, 5.74) is 5.67. The SMILES string of the molecule is CC(=O)O[C@@H]1C[C@@]23COC[C@@](C)([C@@H]2CC[C@H]2C3=CC[C@@]3(C)[C@H](C(=O)O)[C@@](C)([C@H](C)C(C)C)CC[C@]23C)[C@H]1OC(=O)C(N)CCCCNC(=O)C(C)C. The summed E-state index contributed by atoms with van der Waals surface area (Å²) >= 11 is 0. The van der Waals surface area contributed by atoms with Crippen LogP contribution in [0.2, 0.25) is 0 Å². The molecule has 12 atom stereocenters. The number of carbonyl (C=O) groups excluding carboxylic acids is 3. The van der Waals surface area contributed by atoms with E-state index in [1.807, 2.05) is 13.8 Å². The number of nitrogens with two attached hydrogens (primary N) is 1. The van der Waals surface area contributed by atoms with Gasteiger partial charge in [-0.1, -0.05) is 74.0 Å². The fourth-order valence-corrected chi connectivity index (χ4v) is 12.3. The summed E-state index contributed by atoms with van der Waals surface area (Å²) in [7, 11) is 0. The van der Waals surface area contributed by atoms with Gasteiger partial charge in [0.05, 0.1) is 19.1 Å². The third-order valence-corrected chi connectivity index (χ3v) is 15.7. The predicted molar refractivity (Wildman–Crippen MR) is 199 cm³/mol. The summed E-state index contributed by atoms with van der Waals surface area (Å²) in [5.74, 6) is -1.25. The molecule has 5 aliphatic rings. The second-order valence-electron chi connectivity index (χ2n) is 19.1. The molecule has 2 bridgehead atoms. The molecule has 4 aliphatic carbocycles. The Morgan fingerprint density at radius 1 is 0.981 bits per heavy atom. The number of carboxylic acids is 1. The molecular weight excluding hydrogens is 660 g/mol. The Morgan fingerprint density at radius 3 is 2.29 bits per heavy atom. The highest BCUT2D eigenvalue weighted by molar-refractivity contribution is 5.78. The second kappa shape index (κ2) is 14.6. The van der Waals surface area contributed by atoms with Gasteiger partial charge in [0.1, 0.15) is 18.2 Å². The van der Waals surface area contributed by atoms with Crippen molar-refractivity contribution in [3.63, 3.8) is 0 Å². The maximum absolute atomic E-state index is 13.6. The molecule has 1 aliphatic heterocycles. The number of amides is 1. The van der Waals surface area contributed by atoms with Crippen molar-refractivity contribution in [2.75, 3.05) is 19.8 Å². The van der Waals surface area contributed by atoms with Crippen molar-refractivity contribution >= 4 is 23.8 Å². The number of unbranched alkanes of at least 4 members (excludes halogenated alkanes) is 1. The minimum absolute atomic E-state index is 0.000134. The van der Waals surface area contributed by atoms with Gasteiger partial charge in [-0.15, -0.1) is 0 Å². The summed E-state index contributed by atoms with van der Waals surface area (Å²) in [4.78, 5) is 51.5. The van der Waals surface area contributed by atoms with Crippen molar-refractivity contribution in [2.45, 2.75) is 145 Å². The van der Waals surface area contributed by atoms with Gasteiger partial charge < -0.3 is 30.4 Å². The Morgan fingerprint density at radius 2 is 1.67 bits per heavy atom. The lowest BCUT2D eigenvalue weighted by Crippen LogP contribution is -2.70. The summed E-state index contributed by atoms with van der Waals surface area (Å²) in [6.45, 7) is 22.1. The van der Waals surface area contributed by atoms with Gasteiger partial charge >= 0.3 is 17.9 Å². The van der Waals surface area contributed by atoms with E-state index >= 15 is 0 Å². The third kappa shape index (κ3) is 6.53. The number of fused-ring (bicyclic) bond motifs is 3. The standard InChI is InChI=1S/C42H68N2O8/c1-24(2)26(5)38(7)18-19-40(9)28-14-15-32-39(8)22-50-23-42(32,29(28)16-17-41(40,10)33(38)36(47)48)21-31(51-27(6)45)34(39)52-37(49)30(43)13-11-12-20-44-35(46)25(3)4/h16,24-26,28,30-34H,11-15,17-23,43H2,1-10H3,(H,44,46)(H,47,48)/t26-,28+,30?,31-,32+,33-,34+,38-,39+,40-,41+,42+/m1/s1. The molecule has 10 nitrogen and oxygen atoms in total. The molecule has 0 radical (unpaired) electrons. The van der Waals surface area contributed by atoms with Crippen molar-refractivity contribution in [3.05, 3.63) is 11.6 Å². The number of ether oxygens (including phenoxy) is 3. The minimum atomic E-state index is -0.842. The van der Waals surface area contributed by atoms with Gasteiger partial charge in [-0.3, -0.25) is 19.2 Å². The molecule has 52 heavy (non-hydrogen) atoms. The van der Waals surface area contributed by atoms with Gasteiger partial charge in [-0.05, 0) is 97.7 Å². The van der Waals surface area contributed by atoms with Crippen LogP contribution >= 0.6 is 0 Å². The van der Waals surface area contributed by atoms with E-state index in [9.17, 15) is 24.3 Å². The largest absolute Gasteiger partial charge is 0.481 e. The van der Waals surface area contributed by atoms with Gasteiger partial charge in [-0.2, -0.15) is 0 Å².